The molecule has 0 amide bonds. The number of benzene rings is 1. The molecule has 98 valence electrons. The smallest absolute Gasteiger partial charge is 0.0602 e. The fourth-order valence-corrected chi connectivity index (χ4v) is 2.74. The van der Waals surface area contributed by atoms with Crippen molar-refractivity contribution in [3.63, 3.8) is 0 Å². The van der Waals surface area contributed by atoms with Gasteiger partial charge in [-0.15, -0.1) is 0 Å². The van der Waals surface area contributed by atoms with Crippen LogP contribution in [-0.2, 0) is 13.0 Å². The highest BCUT2D eigenvalue weighted by Gasteiger charge is 2.17. The Morgan fingerprint density at radius 3 is 3.00 bits per heavy atom. The van der Waals surface area contributed by atoms with Crippen LogP contribution in [0.25, 0.3) is 0 Å². The van der Waals surface area contributed by atoms with Gasteiger partial charge in [0.2, 0.25) is 0 Å². The number of rotatable bonds is 2. The van der Waals surface area contributed by atoms with Crippen molar-refractivity contribution in [3.8, 4) is 0 Å². The van der Waals surface area contributed by atoms with Crippen molar-refractivity contribution in [1.29, 1.82) is 0 Å². The molecule has 1 aliphatic rings. The molecule has 0 fully saturated rings. The maximum absolute atomic E-state index is 5.87. The molecule has 1 aromatic heterocycles. The molecule has 0 bridgehead atoms. The van der Waals surface area contributed by atoms with E-state index in [1.165, 1.54) is 17.7 Å². The van der Waals surface area contributed by atoms with Crippen LogP contribution in [0.2, 0.25) is 0 Å². The first kappa shape index (κ1) is 12.0. The van der Waals surface area contributed by atoms with Gasteiger partial charge in [0.1, 0.15) is 0 Å². The van der Waals surface area contributed by atoms with E-state index in [0.717, 1.165) is 36.6 Å². The Bertz CT molecular complexity index is 592. The van der Waals surface area contributed by atoms with Gasteiger partial charge < -0.3 is 10.6 Å². The highest BCUT2D eigenvalue weighted by molar-refractivity contribution is 5.61. The lowest BCUT2D eigenvalue weighted by Gasteiger charge is -2.31. The maximum atomic E-state index is 5.87. The number of nitrogen functional groups attached to an aromatic ring is 1. The van der Waals surface area contributed by atoms with Crippen LogP contribution in [-0.4, -0.2) is 11.5 Å². The second-order valence-corrected chi connectivity index (χ2v) is 5.18. The minimum absolute atomic E-state index is 0.856. The van der Waals surface area contributed by atoms with Crippen LogP contribution in [0.15, 0.2) is 36.4 Å². The fourth-order valence-electron chi connectivity index (χ4n) is 2.74. The quantitative estimate of drug-likeness (QED) is 0.837. The first-order chi connectivity index (χ1) is 9.22. The van der Waals surface area contributed by atoms with Crippen LogP contribution in [0.5, 0.6) is 0 Å². The summed E-state index contributed by atoms with van der Waals surface area (Å²) in [6, 6.07) is 12.4. The topological polar surface area (TPSA) is 42.1 Å². The lowest BCUT2D eigenvalue weighted by molar-refractivity contribution is 0.683. The molecule has 3 nitrogen and oxygen atoms in total. The van der Waals surface area contributed by atoms with Crippen molar-refractivity contribution in [2.75, 3.05) is 17.2 Å². The number of hydrogen-bond donors (Lipinski definition) is 1. The molecule has 0 atom stereocenters. The minimum Gasteiger partial charge on any atom is -0.399 e. The van der Waals surface area contributed by atoms with Crippen LogP contribution >= 0.6 is 0 Å². The SMILES string of the molecule is Cc1cccc(CN2CCCc3cc(N)ccc32)n1. The summed E-state index contributed by atoms with van der Waals surface area (Å²) in [5, 5.41) is 0. The average molecular weight is 253 g/mol. The second-order valence-electron chi connectivity index (χ2n) is 5.18. The zero-order chi connectivity index (χ0) is 13.2. The van der Waals surface area contributed by atoms with Gasteiger partial charge in [0.25, 0.3) is 0 Å². The largest absolute Gasteiger partial charge is 0.399 e. The summed E-state index contributed by atoms with van der Waals surface area (Å²) >= 11 is 0. The van der Waals surface area contributed by atoms with Gasteiger partial charge in [-0.1, -0.05) is 6.07 Å². The van der Waals surface area contributed by atoms with Gasteiger partial charge in [0.05, 0.1) is 12.2 Å². The third-order valence-electron chi connectivity index (χ3n) is 3.62. The molecule has 0 saturated heterocycles. The molecule has 0 unspecified atom stereocenters. The van der Waals surface area contributed by atoms with E-state index in [1.54, 1.807) is 0 Å². The predicted octanol–water partition coefficient (Wildman–Crippen LogP) is 2.93. The Morgan fingerprint density at radius 1 is 1.26 bits per heavy atom. The molecule has 3 rings (SSSR count). The Kier molecular flexibility index (Phi) is 3.11. The van der Waals surface area contributed by atoms with E-state index < -0.39 is 0 Å². The van der Waals surface area contributed by atoms with Gasteiger partial charge in [-0.05, 0) is 55.7 Å². The van der Waals surface area contributed by atoms with Crippen LogP contribution in [0, 0.1) is 6.92 Å². The zero-order valence-corrected chi connectivity index (χ0v) is 11.3. The van der Waals surface area contributed by atoms with E-state index >= 15 is 0 Å². The van der Waals surface area contributed by atoms with Gasteiger partial charge >= 0.3 is 0 Å². The summed E-state index contributed by atoms with van der Waals surface area (Å²) in [7, 11) is 0. The molecular weight excluding hydrogens is 234 g/mol. The number of nitrogens with zero attached hydrogens (tertiary/aromatic N) is 2. The monoisotopic (exact) mass is 253 g/mol. The summed E-state index contributed by atoms with van der Waals surface area (Å²) < 4.78 is 0. The van der Waals surface area contributed by atoms with Gasteiger partial charge in [0, 0.05) is 23.6 Å². The van der Waals surface area contributed by atoms with Crippen molar-refractivity contribution in [3.05, 3.63) is 53.3 Å². The second kappa shape index (κ2) is 4.92. The van der Waals surface area contributed by atoms with E-state index in [-0.39, 0.29) is 0 Å². The molecule has 2 N–H and O–H groups in total. The molecular formula is C16H19N3. The van der Waals surface area contributed by atoms with E-state index in [2.05, 4.69) is 34.1 Å². The Labute approximate surface area is 114 Å². The lowest BCUT2D eigenvalue weighted by Crippen LogP contribution is -2.29. The molecule has 2 aromatic rings. The average Bonchev–Trinajstić information content (AvgIpc) is 2.38. The van der Waals surface area contributed by atoms with Crippen LogP contribution in [0.1, 0.15) is 23.4 Å². The molecule has 0 saturated carbocycles. The molecule has 0 radical (unpaired) electrons. The molecule has 19 heavy (non-hydrogen) atoms. The summed E-state index contributed by atoms with van der Waals surface area (Å²) in [5.41, 5.74) is 11.6. The number of pyridine rings is 1. The number of fused-ring (bicyclic) bond motifs is 1. The zero-order valence-electron chi connectivity index (χ0n) is 11.3. The van der Waals surface area contributed by atoms with E-state index in [9.17, 15) is 0 Å². The number of aryl methyl sites for hydroxylation is 2. The molecule has 1 aromatic carbocycles. The van der Waals surface area contributed by atoms with E-state index in [1.807, 2.05) is 19.1 Å². The summed E-state index contributed by atoms with van der Waals surface area (Å²) in [4.78, 5) is 6.99. The fraction of sp³-hybridized carbons (Fsp3) is 0.312. The minimum atomic E-state index is 0.856. The molecule has 2 heterocycles. The van der Waals surface area contributed by atoms with E-state index in [4.69, 9.17) is 5.73 Å². The van der Waals surface area contributed by atoms with Crippen molar-refractivity contribution in [2.45, 2.75) is 26.3 Å². The predicted molar refractivity (Wildman–Crippen MR) is 79.2 cm³/mol. The molecule has 3 heteroatoms. The normalized spacial score (nSPS) is 14.3. The first-order valence-electron chi connectivity index (χ1n) is 6.78. The Balaban J connectivity index is 1.87. The number of anilines is 2. The van der Waals surface area contributed by atoms with Crippen molar-refractivity contribution >= 4 is 11.4 Å². The lowest BCUT2D eigenvalue weighted by atomic mass is 10.0. The molecule has 0 spiro atoms. The first-order valence-corrected chi connectivity index (χ1v) is 6.78. The highest BCUT2D eigenvalue weighted by atomic mass is 15.1. The third kappa shape index (κ3) is 2.55. The number of hydrogen-bond acceptors (Lipinski definition) is 3. The van der Waals surface area contributed by atoms with Crippen molar-refractivity contribution < 1.29 is 0 Å². The van der Waals surface area contributed by atoms with Gasteiger partial charge in [-0.25, -0.2) is 0 Å². The third-order valence-corrected chi connectivity index (χ3v) is 3.62. The summed E-state index contributed by atoms with van der Waals surface area (Å²) in [6.07, 6.45) is 2.31. The molecule has 0 aliphatic carbocycles. The van der Waals surface area contributed by atoms with Gasteiger partial charge in [-0.2, -0.15) is 0 Å². The standard InChI is InChI=1S/C16H19N3/c1-12-4-2-6-15(18-12)11-19-9-3-5-13-10-14(17)7-8-16(13)19/h2,4,6-8,10H,3,5,9,11,17H2,1H3. The van der Waals surface area contributed by atoms with Crippen LogP contribution in [0.4, 0.5) is 11.4 Å². The highest BCUT2D eigenvalue weighted by Crippen LogP contribution is 2.29. The number of nitrogens with two attached hydrogens (primary N) is 1. The van der Waals surface area contributed by atoms with E-state index in [0.29, 0.717) is 0 Å². The Morgan fingerprint density at radius 2 is 2.16 bits per heavy atom. The van der Waals surface area contributed by atoms with Crippen LogP contribution < -0.4 is 10.6 Å². The number of aromatic nitrogens is 1. The summed E-state index contributed by atoms with van der Waals surface area (Å²) in [5.74, 6) is 0. The Hall–Kier alpha value is -2.03. The maximum Gasteiger partial charge on any atom is 0.0602 e. The van der Waals surface area contributed by atoms with Crippen LogP contribution in [0.3, 0.4) is 0 Å². The van der Waals surface area contributed by atoms with Crippen molar-refractivity contribution in [2.24, 2.45) is 0 Å². The van der Waals surface area contributed by atoms with Gasteiger partial charge in [-0.3, -0.25) is 4.98 Å². The molecule has 1 aliphatic heterocycles. The summed E-state index contributed by atoms with van der Waals surface area (Å²) in [6.45, 7) is 4.00. The van der Waals surface area contributed by atoms with Crippen molar-refractivity contribution in [1.82, 2.24) is 4.98 Å². The van der Waals surface area contributed by atoms with Gasteiger partial charge in [0.15, 0.2) is 0 Å².